The first-order valence-electron chi connectivity index (χ1n) is 6.54. The Kier molecular flexibility index (Phi) is 3.54. The highest BCUT2D eigenvalue weighted by Gasteiger charge is 2.18. The summed E-state index contributed by atoms with van der Waals surface area (Å²) in [4.78, 5) is 4.53. The Morgan fingerprint density at radius 3 is 2.37 bits per heavy atom. The maximum absolute atomic E-state index is 5.61. The standard InChI is InChI=1S/C15H22N2O2/c1-9-10(2)19-11(3)13(9)14-17-12(8-18-14)7-16-15(4,5)6/h8,16H,7H2,1-6H3. The Balaban J connectivity index is 2.21. The molecule has 2 aromatic heterocycles. The molecule has 0 bridgehead atoms. The van der Waals surface area contributed by atoms with Crippen molar-refractivity contribution in [1.82, 2.24) is 10.3 Å². The van der Waals surface area contributed by atoms with Crippen LogP contribution in [-0.2, 0) is 6.54 Å². The molecule has 2 aromatic rings. The molecule has 0 aromatic carbocycles. The highest BCUT2D eigenvalue weighted by atomic mass is 16.4. The first-order valence-corrected chi connectivity index (χ1v) is 6.54. The Morgan fingerprint density at radius 2 is 1.84 bits per heavy atom. The second-order valence-electron chi connectivity index (χ2n) is 5.96. The first kappa shape index (κ1) is 13.9. The van der Waals surface area contributed by atoms with Crippen molar-refractivity contribution in [3.05, 3.63) is 29.0 Å². The third kappa shape index (κ3) is 3.07. The average Bonchev–Trinajstić information content (AvgIpc) is 2.82. The number of hydrogen-bond donors (Lipinski definition) is 1. The van der Waals surface area contributed by atoms with Crippen LogP contribution < -0.4 is 5.32 Å². The van der Waals surface area contributed by atoms with Gasteiger partial charge in [-0.1, -0.05) is 0 Å². The van der Waals surface area contributed by atoms with Gasteiger partial charge in [0.25, 0.3) is 0 Å². The largest absolute Gasteiger partial charge is 0.466 e. The molecule has 1 N–H and O–H groups in total. The molecule has 0 saturated heterocycles. The van der Waals surface area contributed by atoms with Crippen LogP contribution in [0.4, 0.5) is 0 Å². The molecule has 19 heavy (non-hydrogen) atoms. The Hall–Kier alpha value is -1.55. The second kappa shape index (κ2) is 4.85. The van der Waals surface area contributed by atoms with Crippen LogP contribution in [0.2, 0.25) is 0 Å². The Labute approximate surface area is 114 Å². The van der Waals surface area contributed by atoms with Gasteiger partial charge >= 0.3 is 0 Å². The molecular weight excluding hydrogens is 240 g/mol. The van der Waals surface area contributed by atoms with Gasteiger partial charge in [0.05, 0.1) is 11.3 Å². The molecule has 0 atom stereocenters. The summed E-state index contributed by atoms with van der Waals surface area (Å²) in [6, 6.07) is 0. The third-order valence-electron chi connectivity index (χ3n) is 3.13. The minimum absolute atomic E-state index is 0.0666. The number of hydrogen-bond acceptors (Lipinski definition) is 4. The van der Waals surface area contributed by atoms with E-state index in [0.717, 1.165) is 28.3 Å². The number of nitrogens with zero attached hydrogens (tertiary/aromatic N) is 1. The van der Waals surface area contributed by atoms with E-state index in [0.29, 0.717) is 12.4 Å². The third-order valence-corrected chi connectivity index (χ3v) is 3.13. The molecule has 0 saturated carbocycles. The van der Waals surface area contributed by atoms with E-state index >= 15 is 0 Å². The summed E-state index contributed by atoms with van der Waals surface area (Å²) < 4.78 is 11.2. The van der Waals surface area contributed by atoms with Crippen molar-refractivity contribution >= 4 is 0 Å². The number of aryl methyl sites for hydroxylation is 2. The normalized spacial score (nSPS) is 12.1. The maximum atomic E-state index is 5.61. The van der Waals surface area contributed by atoms with E-state index in [1.165, 1.54) is 0 Å². The van der Waals surface area contributed by atoms with E-state index in [4.69, 9.17) is 8.83 Å². The topological polar surface area (TPSA) is 51.2 Å². The smallest absolute Gasteiger partial charge is 0.230 e. The Morgan fingerprint density at radius 1 is 1.16 bits per heavy atom. The number of furan rings is 1. The number of oxazole rings is 1. The lowest BCUT2D eigenvalue weighted by Gasteiger charge is -2.19. The van der Waals surface area contributed by atoms with Crippen molar-refractivity contribution in [3.8, 4) is 11.5 Å². The van der Waals surface area contributed by atoms with Crippen LogP contribution in [0.3, 0.4) is 0 Å². The molecule has 0 aliphatic rings. The van der Waals surface area contributed by atoms with Crippen LogP contribution >= 0.6 is 0 Å². The van der Waals surface area contributed by atoms with Gasteiger partial charge in [-0.3, -0.25) is 0 Å². The summed E-state index contributed by atoms with van der Waals surface area (Å²) in [6.45, 7) is 13.0. The fourth-order valence-electron chi connectivity index (χ4n) is 1.97. The fourth-order valence-corrected chi connectivity index (χ4v) is 1.97. The van der Waals surface area contributed by atoms with Crippen molar-refractivity contribution < 1.29 is 8.83 Å². The summed E-state index contributed by atoms with van der Waals surface area (Å²) in [6.07, 6.45) is 1.70. The predicted octanol–water partition coefficient (Wildman–Crippen LogP) is 3.75. The monoisotopic (exact) mass is 262 g/mol. The molecule has 0 fully saturated rings. The zero-order chi connectivity index (χ0) is 14.2. The summed E-state index contributed by atoms with van der Waals surface area (Å²) in [5, 5.41) is 3.39. The van der Waals surface area contributed by atoms with Crippen molar-refractivity contribution in [3.63, 3.8) is 0 Å². The van der Waals surface area contributed by atoms with E-state index in [9.17, 15) is 0 Å². The van der Waals surface area contributed by atoms with Crippen LogP contribution in [0.1, 0.15) is 43.5 Å². The van der Waals surface area contributed by atoms with Gasteiger partial charge in [0.15, 0.2) is 0 Å². The van der Waals surface area contributed by atoms with Gasteiger partial charge < -0.3 is 14.2 Å². The zero-order valence-corrected chi connectivity index (χ0v) is 12.5. The summed E-state index contributed by atoms with van der Waals surface area (Å²) in [5.74, 6) is 2.41. The van der Waals surface area contributed by atoms with Crippen LogP contribution in [0.15, 0.2) is 15.1 Å². The van der Waals surface area contributed by atoms with Gasteiger partial charge in [-0.15, -0.1) is 0 Å². The number of nitrogens with one attached hydrogen (secondary N) is 1. The molecule has 4 nitrogen and oxygen atoms in total. The lowest BCUT2D eigenvalue weighted by molar-refractivity contribution is 0.421. The van der Waals surface area contributed by atoms with Crippen molar-refractivity contribution in [2.45, 2.75) is 53.6 Å². The van der Waals surface area contributed by atoms with E-state index in [1.54, 1.807) is 6.26 Å². The quantitative estimate of drug-likeness (QED) is 0.915. The van der Waals surface area contributed by atoms with Gasteiger partial charge in [0.2, 0.25) is 5.89 Å². The number of aromatic nitrogens is 1. The van der Waals surface area contributed by atoms with Gasteiger partial charge in [-0.05, 0) is 41.5 Å². The molecular formula is C15H22N2O2. The maximum Gasteiger partial charge on any atom is 0.230 e. The minimum Gasteiger partial charge on any atom is -0.466 e. The van der Waals surface area contributed by atoms with E-state index < -0.39 is 0 Å². The van der Waals surface area contributed by atoms with E-state index in [2.05, 4.69) is 31.1 Å². The molecule has 4 heteroatoms. The van der Waals surface area contributed by atoms with Gasteiger partial charge in [-0.25, -0.2) is 4.98 Å². The first-order chi connectivity index (χ1) is 8.78. The molecule has 0 aliphatic carbocycles. The molecule has 0 spiro atoms. The predicted molar refractivity (Wildman–Crippen MR) is 75.0 cm³/mol. The summed E-state index contributed by atoms with van der Waals surface area (Å²) >= 11 is 0. The van der Waals surface area contributed by atoms with E-state index in [1.807, 2.05) is 20.8 Å². The Bertz CT molecular complexity index is 573. The molecule has 0 unspecified atom stereocenters. The van der Waals surface area contributed by atoms with Crippen LogP contribution in [0, 0.1) is 20.8 Å². The molecule has 2 heterocycles. The SMILES string of the molecule is Cc1oc(C)c(-c2nc(CNC(C)(C)C)co2)c1C. The molecule has 2 rings (SSSR count). The molecule has 0 aliphatic heterocycles. The minimum atomic E-state index is 0.0666. The van der Waals surface area contributed by atoms with Gasteiger partial charge in [-0.2, -0.15) is 0 Å². The molecule has 104 valence electrons. The summed E-state index contributed by atoms with van der Waals surface area (Å²) in [7, 11) is 0. The molecule has 0 radical (unpaired) electrons. The summed E-state index contributed by atoms with van der Waals surface area (Å²) in [5.41, 5.74) is 3.04. The van der Waals surface area contributed by atoms with Crippen LogP contribution in [0.5, 0.6) is 0 Å². The highest BCUT2D eigenvalue weighted by Crippen LogP contribution is 2.30. The lowest BCUT2D eigenvalue weighted by Crippen LogP contribution is -2.35. The van der Waals surface area contributed by atoms with E-state index in [-0.39, 0.29) is 5.54 Å². The van der Waals surface area contributed by atoms with Crippen molar-refractivity contribution in [2.75, 3.05) is 0 Å². The highest BCUT2D eigenvalue weighted by molar-refractivity contribution is 5.62. The van der Waals surface area contributed by atoms with Crippen LogP contribution in [0.25, 0.3) is 11.5 Å². The van der Waals surface area contributed by atoms with Gasteiger partial charge in [0.1, 0.15) is 17.8 Å². The van der Waals surface area contributed by atoms with Crippen molar-refractivity contribution in [2.24, 2.45) is 0 Å². The average molecular weight is 262 g/mol. The van der Waals surface area contributed by atoms with Crippen LogP contribution in [-0.4, -0.2) is 10.5 Å². The van der Waals surface area contributed by atoms with Gasteiger partial charge in [0, 0.05) is 17.6 Å². The second-order valence-corrected chi connectivity index (χ2v) is 5.96. The lowest BCUT2D eigenvalue weighted by atomic mass is 10.1. The zero-order valence-electron chi connectivity index (χ0n) is 12.5. The number of rotatable bonds is 3. The van der Waals surface area contributed by atoms with Crippen molar-refractivity contribution in [1.29, 1.82) is 0 Å². The fraction of sp³-hybridized carbons (Fsp3) is 0.533. The molecule has 0 amide bonds.